The van der Waals surface area contributed by atoms with Crippen molar-refractivity contribution in [1.82, 2.24) is 0 Å². The largest absolute Gasteiger partial charge is 0.634 e. The number of likely N-dealkylation sites (N-methyl/N-ethyl adjacent to an activating group) is 1. The third-order valence-corrected chi connectivity index (χ3v) is 0.893. The third-order valence-electron chi connectivity index (χ3n) is 0.893. The molecule has 1 unspecified atom stereocenters. The fraction of sp³-hybridized carbons (Fsp3) is 0.667. The fourth-order valence-electron chi connectivity index (χ4n) is 0.462. The van der Waals surface area contributed by atoms with Gasteiger partial charge < -0.3 is 10.3 Å². The van der Waals surface area contributed by atoms with Crippen LogP contribution in [0.1, 0.15) is 13.8 Å². The highest BCUT2D eigenvalue weighted by molar-refractivity contribution is 4.86. The molecule has 1 atom stereocenters. The molecule has 0 aromatic rings. The molecule has 0 aliphatic carbocycles. The van der Waals surface area contributed by atoms with E-state index in [0.29, 0.717) is 13.1 Å². The maximum absolute atomic E-state index is 10.6. The predicted molar refractivity (Wildman–Crippen MR) is 34.6 cm³/mol. The van der Waals surface area contributed by atoms with E-state index in [-0.39, 0.29) is 5.06 Å². The molecule has 0 radical (unpaired) electrons. The molecule has 0 aromatic heterocycles. The Labute approximate surface area is 50.4 Å². The smallest absolute Gasteiger partial charge is 0.0979 e. The van der Waals surface area contributed by atoms with Gasteiger partial charge in [0.2, 0.25) is 0 Å². The standard InChI is InChI=1S/C6H13NO/c1-4-7(8)5-6(2)3/h7H,2,4-5H2,1,3H3. The van der Waals surface area contributed by atoms with Crippen LogP contribution in [0.2, 0.25) is 0 Å². The van der Waals surface area contributed by atoms with Gasteiger partial charge in [0, 0.05) is 0 Å². The first kappa shape index (κ1) is 7.66. The van der Waals surface area contributed by atoms with Gasteiger partial charge >= 0.3 is 0 Å². The zero-order chi connectivity index (χ0) is 6.57. The molecule has 0 spiro atoms. The Morgan fingerprint density at radius 3 is 2.38 bits per heavy atom. The van der Waals surface area contributed by atoms with Crippen LogP contribution in [0.3, 0.4) is 0 Å². The average Bonchev–Trinajstić information content (AvgIpc) is 1.65. The van der Waals surface area contributed by atoms with E-state index in [4.69, 9.17) is 0 Å². The first-order chi connectivity index (χ1) is 3.66. The van der Waals surface area contributed by atoms with E-state index in [1.165, 1.54) is 0 Å². The number of hydrogen-bond donors (Lipinski definition) is 1. The molecule has 2 nitrogen and oxygen atoms in total. The second-order valence-corrected chi connectivity index (χ2v) is 2.03. The van der Waals surface area contributed by atoms with Gasteiger partial charge in [0.1, 0.15) is 0 Å². The summed E-state index contributed by atoms with van der Waals surface area (Å²) in [4.78, 5) is 0. The number of nitrogens with one attached hydrogen (secondary N) is 1. The number of quaternary nitrogens is 1. The molecule has 0 aliphatic heterocycles. The fourth-order valence-corrected chi connectivity index (χ4v) is 0.462. The minimum atomic E-state index is 0.275. The van der Waals surface area contributed by atoms with Crippen LogP contribution >= 0.6 is 0 Å². The highest BCUT2D eigenvalue weighted by atomic mass is 16.5. The highest BCUT2D eigenvalue weighted by Crippen LogP contribution is 1.75. The molecule has 0 fully saturated rings. The van der Waals surface area contributed by atoms with Crippen molar-refractivity contribution in [2.75, 3.05) is 13.1 Å². The molecule has 1 N–H and O–H groups in total. The van der Waals surface area contributed by atoms with Gasteiger partial charge in [0.05, 0.1) is 13.1 Å². The summed E-state index contributed by atoms with van der Waals surface area (Å²) in [5.74, 6) is 0. The van der Waals surface area contributed by atoms with Crippen molar-refractivity contribution in [2.45, 2.75) is 13.8 Å². The second kappa shape index (κ2) is 3.64. The maximum atomic E-state index is 10.6. The Balaban J connectivity index is 3.24. The molecule has 0 heterocycles. The Bertz CT molecular complexity index is 80.6. The van der Waals surface area contributed by atoms with E-state index in [1.54, 1.807) is 0 Å². The van der Waals surface area contributed by atoms with Gasteiger partial charge in [-0.15, -0.1) is 0 Å². The topological polar surface area (TPSA) is 27.5 Å². The van der Waals surface area contributed by atoms with Crippen molar-refractivity contribution < 1.29 is 5.06 Å². The maximum Gasteiger partial charge on any atom is 0.0979 e. The Morgan fingerprint density at radius 2 is 2.25 bits per heavy atom. The van der Waals surface area contributed by atoms with Gasteiger partial charge in [0.15, 0.2) is 0 Å². The van der Waals surface area contributed by atoms with Crippen LogP contribution < -0.4 is 5.06 Å². The van der Waals surface area contributed by atoms with Gasteiger partial charge in [-0.2, -0.15) is 0 Å². The van der Waals surface area contributed by atoms with Gasteiger partial charge in [-0.25, -0.2) is 0 Å². The molecular weight excluding hydrogens is 102 g/mol. The number of hydroxylamine groups is 2. The lowest BCUT2D eigenvalue weighted by Gasteiger charge is -2.19. The van der Waals surface area contributed by atoms with E-state index in [1.807, 2.05) is 13.8 Å². The lowest BCUT2D eigenvalue weighted by Crippen LogP contribution is -3.06. The van der Waals surface area contributed by atoms with Crippen LogP contribution in [0, 0.1) is 5.21 Å². The van der Waals surface area contributed by atoms with Crippen LogP contribution in [-0.4, -0.2) is 13.1 Å². The Morgan fingerprint density at radius 1 is 1.75 bits per heavy atom. The van der Waals surface area contributed by atoms with Gasteiger partial charge in [-0.3, -0.25) is 0 Å². The quantitative estimate of drug-likeness (QED) is 0.406. The second-order valence-electron chi connectivity index (χ2n) is 2.03. The molecule has 0 aromatic carbocycles. The highest BCUT2D eigenvalue weighted by Gasteiger charge is 1.89. The Hall–Kier alpha value is -0.340. The summed E-state index contributed by atoms with van der Waals surface area (Å²) in [5, 5.41) is 10.8. The molecular formula is C6H13NO. The molecule has 48 valence electrons. The van der Waals surface area contributed by atoms with Crippen molar-refractivity contribution in [3.8, 4) is 0 Å². The predicted octanol–water partition coefficient (Wildman–Crippen LogP) is -0.0349. The first-order valence-electron chi connectivity index (χ1n) is 2.83. The van der Waals surface area contributed by atoms with Crippen LogP contribution in [0.25, 0.3) is 0 Å². The number of hydrogen-bond acceptors (Lipinski definition) is 1. The average molecular weight is 115 g/mol. The zero-order valence-electron chi connectivity index (χ0n) is 5.53. The van der Waals surface area contributed by atoms with E-state index in [2.05, 4.69) is 6.58 Å². The SMILES string of the molecule is C=C(C)C[NH+]([O-])CC. The molecule has 0 saturated carbocycles. The van der Waals surface area contributed by atoms with E-state index < -0.39 is 0 Å². The minimum absolute atomic E-state index is 0.275. The van der Waals surface area contributed by atoms with E-state index in [9.17, 15) is 5.21 Å². The summed E-state index contributed by atoms with van der Waals surface area (Å²) in [6.45, 7) is 8.54. The van der Waals surface area contributed by atoms with Crippen molar-refractivity contribution in [2.24, 2.45) is 0 Å². The number of rotatable bonds is 3. The molecule has 0 rings (SSSR count). The summed E-state index contributed by atoms with van der Waals surface area (Å²) >= 11 is 0. The molecule has 0 aliphatic rings. The summed E-state index contributed by atoms with van der Waals surface area (Å²) in [7, 11) is 0. The van der Waals surface area contributed by atoms with Crippen molar-refractivity contribution in [3.05, 3.63) is 17.4 Å². The summed E-state index contributed by atoms with van der Waals surface area (Å²) < 4.78 is 0. The van der Waals surface area contributed by atoms with Crippen LogP contribution in [0.15, 0.2) is 12.2 Å². The van der Waals surface area contributed by atoms with E-state index in [0.717, 1.165) is 5.57 Å². The van der Waals surface area contributed by atoms with Crippen molar-refractivity contribution >= 4 is 0 Å². The zero-order valence-corrected chi connectivity index (χ0v) is 5.53. The molecule has 0 amide bonds. The molecule has 8 heavy (non-hydrogen) atoms. The van der Waals surface area contributed by atoms with Gasteiger partial charge in [0.25, 0.3) is 0 Å². The van der Waals surface area contributed by atoms with E-state index >= 15 is 0 Å². The minimum Gasteiger partial charge on any atom is -0.634 e. The molecule has 2 heteroatoms. The summed E-state index contributed by atoms with van der Waals surface area (Å²) in [5.41, 5.74) is 0.955. The monoisotopic (exact) mass is 115 g/mol. The van der Waals surface area contributed by atoms with Crippen LogP contribution in [-0.2, 0) is 0 Å². The van der Waals surface area contributed by atoms with Crippen LogP contribution in [0.4, 0.5) is 0 Å². The normalized spacial score (nSPS) is 13.4. The lowest BCUT2D eigenvalue weighted by molar-refractivity contribution is -0.840. The summed E-state index contributed by atoms with van der Waals surface area (Å²) in [6.07, 6.45) is 0. The molecule has 0 bridgehead atoms. The third kappa shape index (κ3) is 3.84. The van der Waals surface area contributed by atoms with Crippen molar-refractivity contribution in [3.63, 3.8) is 0 Å². The van der Waals surface area contributed by atoms with Gasteiger partial charge in [-0.1, -0.05) is 6.58 Å². The molecule has 0 saturated heterocycles. The Kier molecular flexibility index (Phi) is 3.48. The summed E-state index contributed by atoms with van der Waals surface area (Å²) in [6, 6.07) is 0. The van der Waals surface area contributed by atoms with Crippen molar-refractivity contribution in [1.29, 1.82) is 0 Å². The first-order valence-corrected chi connectivity index (χ1v) is 2.83. The van der Waals surface area contributed by atoms with Crippen LogP contribution in [0.5, 0.6) is 0 Å². The lowest BCUT2D eigenvalue weighted by atomic mass is 10.3. The van der Waals surface area contributed by atoms with Gasteiger partial charge in [-0.05, 0) is 19.4 Å².